The van der Waals surface area contributed by atoms with Crippen LogP contribution in [0.3, 0.4) is 0 Å². The maximum Gasteiger partial charge on any atom is 0.673 e. The van der Waals surface area contributed by atoms with Gasteiger partial charge >= 0.3 is 7.25 Å². The Hall–Kier alpha value is 0.748. The zero-order valence-electron chi connectivity index (χ0n) is 19.0. The second kappa shape index (κ2) is 16.4. The van der Waals surface area contributed by atoms with Gasteiger partial charge in [0.05, 0.1) is 0 Å². The van der Waals surface area contributed by atoms with E-state index in [-0.39, 0.29) is 19.5 Å². The Kier molecular flexibility index (Phi) is 16.8. The zero-order chi connectivity index (χ0) is 21.9. The Balaban J connectivity index is 0.000000504. The van der Waals surface area contributed by atoms with Gasteiger partial charge in [0.15, 0.2) is 0 Å². The first-order valence-electron chi connectivity index (χ1n) is 11.3. The topological polar surface area (TPSA) is 0 Å². The molecule has 3 aliphatic rings. The van der Waals surface area contributed by atoms with Crippen LogP contribution in [0.4, 0.5) is 17.3 Å². The van der Waals surface area contributed by atoms with Crippen LogP contribution in [0.2, 0.25) is 0 Å². The molecule has 0 N–H and O–H groups in total. The minimum absolute atomic E-state index is 0. The fourth-order valence-electron chi connectivity index (χ4n) is 4.47. The van der Waals surface area contributed by atoms with Crippen LogP contribution in [0, 0.1) is 0 Å². The van der Waals surface area contributed by atoms with Crippen molar-refractivity contribution in [2.24, 2.45) is 0 Å². The summed E-state index contributed by atoms with van der Waals surface area (Å²) in [5.74, 6) is 0. The van der Waals surface area contributed by atoms with Gasteiger partial charge in [0.2, 0.25) is 0 Å². The molecule has 0 amide bonds. The Morgan fingerprint density at radius 1 is 0.600 bits per heavy atom. The minimum Gasteiger partial charge on any atom is -0.418 e. The van der Waals surface area contributed by atoms with Gasteiger partial charge in [-0.05, 0) is 86.3 Å². The van der Waals surface area contributed by atoms with Crippen molar-refractivity contribution in [2.75, 3.05) is 12.3 Å². The van der Waals surface area contributed by atoms with Crippen LogP contribution in [0.25, 0.3) is 0 Å². The Morgan fingerprint density at radius 3 is 1.00 bits per heavy atom. The molecule has 1 radical (unpaired) electrons. The first kappa shape index (κ1) is 30.7. The van der Waals surface area contributed by atoms with Crippen LogP contribution >= 0.6 is 15.8 Å². The SMILES string of the molecule is C1=CCCC=CCC1.C[C@@H]1CC[C@@H](C)P1CCP1[C@H](C)CC[C@H]1C.F[B-](F)(F)F.[Rh]. The standard InChI is InChI=1S/C14H28P2.C8H12.BF4.Rh/c1-11-5-6-12(2)15(11)9-10-16-13(3)7-8-14(16)4;1-2-4-6-8-7-5-3-1;2-1(3,4)5;/h11-14H,5-10H2,1-4H3;1-2,7-8H,3-6H2;;/q;;-1;/t11-,12-,13-,14-;;;/m1.../s1. The predicted octanol–water partition coefficient (Wildman–Crippen LogP) is 9.06. The summed E-state index contributed by atoms with van der Waals surface area (Å²) in [7, 11) is -5.21. The Morgan fingerprint density at radius 2 is 0.800 bits per heavy atom. The van der Waals surface area contributed by atoms with Gasteiger partial charge in [0.1, 0.15) is 0 Å². The predicted molar refractivity (Wildman–Crippen MR) is 127 cm³/mol. The molecule has 30 heavy (non-hydrogen) atoms. The molecule has 3 rings (SSSR count). The van der Waals surface area contributed by atoms with Gasteiger partial charge in [0.25, 0.3) is 0 Å². The maximum absolute atomic E-state index is 9.75. The average Bonchev–Trinajstić information content (AvgIpc) is 3.06. The smallest absolute Gasteiger partial charge is 0.418 e. The molecule has 0 saturated carbocycles. The van der Waals surface area contributed by atoms with Crippen molar-refractivity contribution in [3.8, 4) is 0 Å². The van der Waals surface area contributed by atoms with Gasteiger partial charge in [-0.1, -0.05) is 52.0 Å². The molecular formula is C22H40BF4P2Rh-. The van der Waals surface area contributed by atoms with Crippen LogP contribution in [0.5, 0.6) is 0 Å². The molecule has 2 aliphatic heterocycles. The van der Waals surface area contributed by atoms with Crippen molar-refractivity contribution in [1.29, 1.82) is 0 Å². The van der Waals surface area contributed by atoms with E-state index in [2.05, 4.69) is 52.0 Å². The first-order chi connectivity index (χ1) is 13.6. The summed E-state index contributed by atoms with van der Waals surface area (Å²) in [5.41, 5.74) is 4.31. The maximum atomic E-state index is 9.75. The Labute approximate surface area is 197 Å². The van der Waals surface area contributed by atoms with Crippen LogP contribution in [-0.4, -0.2) is 42.2 Å². The van der Waals surface area contributed by atoms with Gasteiger partial charge in [-0.2, -0.15) is 0 Å². The third-order valence-corrected chi connectivity index (χ3v) is 13.6. The van der Waals surface area contributed by atoms with Gasteiger partial charge in [0, 0.05) is 19.5 Å². The molecule has 0 bridgehead atoms. The molecule has 0 aromatic heterocycles. The van der Waals surface area contributed by atoms with Gasteiger partial charge in [-0.25, -0.2) is 0 Å². The van der Waals surface area contributed by atoms with E-state index in [9.17, 15) is 17.3 Å². The van der Waals surface area contributed by atoms with E-state index >= 15 is 0 Å². The number of rotatable bonds is 3. The summed E-state index contributed by atoms with van der Waals surface area (Å²) >= 11 is 0. The molecule has 2 fully saturated rings. The summed E-state index contributed by atoms with van der Waals surface area (Å²) in [6, 6.07) is 0. The van der Waals surface area contributed by atoms with Crippen molar-refractivity contribution in [3.63, 3.8) is 0 Å². The molecule has 0 aromatic rings. The van der Waals surface area contributed by atoms with E-state index < -0.39 is 7.25 Å². The van der Waals surface area contributed by atoms with Crippen LogP contribution in [0.1, 0.15) is 79.1 Å². The molecule has 0 aromatic carbocycles. The Bertz CT molecular complexity index is 426. The van der Waals surface area contributed by atoms with E-state index in [1.54, 1.807) is 12.3 Å². The molecule has 179 valence electrons. The first-order valence-corrected chi connectivity index (χ1v) is 14.6. The summed E-state index contributed by atoms with van der Waals surface area (Å²) in [4.78, 5) is 0. The van der Waals surface area contributed by atoms with E-state index in [0.717, 1.165) is 22.6 Å². The third-order valence-electron chi connectivity index (χ3n) is 6.22. The van der Waals surface area contributed by atoms with Gasteiger partial charge in [-0.3, -0.25) is 0 Å². The van der Waals surface area contributed by atoms with Crippen molar-refractivity contribution >= 4 is 23.1 Å². The van der Waals surface area contributed by atoms with Gasteiger partial charge in [-0.15, -0.1) is 15.8 Å². The van der Waals surface area contributed by atoms with E-state index in [0.29, 0.717) is 15.8 Å². The fraction of sp³-hybridized carbons (Fsp3) is 0.818. The van der Waals surface area contributed by atoms with Crippen LogP contribution in [-0.2, 0) is 19.5 Å². The molecule has 2 saturated heterocycles. The summed E-state index contributed by atoms with van der Waals surface area (Å²) in [6.07, 6.45) is 23.3. The molecule has 4 atom stereocenters. The van der Waals surface area contributed by atoms with Crippen molar-refractivity contribution in [1.82, 2.24) is 0 Å². The fourth-order valence-corrected chi connectivity index (χ4v) is 11.7. The van der Waals surface area contributed by atoms with E-state index in [4.69, 9.17) is 0 Å². The van der Waals surface area contributed by atoms with E-state index in [1.165, 1.54) is 51.4 Å². The molecule has 1 aliphatic carbocycles. The van der Waals surface area contributed by atoms with Crippen molar-refractivity contribution < 1.29 is 36.7 Å². The molecule has 0 spiro atoms. The van der Waals surface area contributed by atoms with Crippen molar-refractivity contribution in [3.05, 3.63) is 24.3 Å². The van der Waals surface area contributed by atoms with Gasteiger partial charge < -0.3 is 17.3 Å². The zero-order valence-corrected chi connectivity index (χ0v) is 22.4. The normalized spacial score (nSPS) is 29.7. The summed E-state index contributed by atoms with van der Waals surface area (Å²) < 4.78 is 39.0. The quantitative estimate of drug-likeness (QED) is 0.141. The van der Waals surface area contributed by atoms with Crippen molar-refractivity contribution in [2.45, 2.75) is 102 Å². The second-order valence-corrected chi connectivity index (χ2v) is 15.1. The number of hydrogen-bond donors (Lipinski definition) is 0. The monoisotopic (exact) mass is 556 g/mol. The largest absolute Gasteiger partial charge is 0.673 e. The molecule has 0 unspecified atom stereocenters. The summed E-state index contributed by atoms with van der Waals surface area (Å²) in [5, 5.41) is 0. The molecule has 8 heteroatoms. The molecule has 2 heterocycles. The van der Waals surface area contributed by atoms with E-state index in [1.807, 2.05) is 0 Å². The number of halogens is 4. The van der Waals surface area contributed by atoms with Crippen LogP contribution < -0.4 is 0 Å². The molecule has 0 nitrogen and oxygen atoms in total. The minimum atomic E-state index is -6.00. The number of hydrogen-bond acceptors (Lipinski definition) is 0. The third kappa shape index (κ3) is 14.0. The molecular weight excluding hydrogens is 516 g/mol. The second-order valence-electron chi connectivity index (χ2n) is 8.62. The summed E-state index contributed by atoms with van der Waals surface area (Å²) in [6.45, 7) is 10.1. The number of allylic oxidation sites excluding steroid dienone is 4. The average molecular weight is 556 g/mol. The van der Waals surface area contributed by atoms with Crippen LogP contribution in [0.15, 0.2) is 24.3 Å².